The van der Waals surface area contributed by atoms with Crippen LogP contribution in [-0.2, 0) is 4.79 Å². The van der Waals surface area contributed by atoms with Gasteiger partial charge in [0.15, 0.2) is 0 Å². The Morgan fingerprint density at radius 1 is 1.05 bits per heavy atom. The predicted octanol–water partition coefficient (Wildman–Crippen LogP) is 3.37. The number of rotatable bonds is 5. The van der Waals surface area contributed by atoms with E-state index in [4.69, 9.17) is 0 Å². The fourth-order valence-electron chi connectivity index (χ4n) is 3.15. The third kappa shape index (κ3) is 2.48. The molecule has 0 saturated carbocycles. The van der Waals surface area contributed by atoms with Crippen molar-refractivity contribution in [1.82, 2.24) is 4.90 Å². The molecule has 22 heavy (non-hydrogen) atoms. The topological polar surface area (TPSA) is 57.6 Å². The molecule has 0 saturated heterocycles. The lowest BCUT2D eigenvalue weighted by molar-refractivity contribution is -0.108. The molecule has 0 bridgehead atoms. The van der Waals surface area contributed by atoms with E-state index in [0.29, 0.717) is 6.54 Å². The summed E-state index contributed by atoms with van der Waals surface area (Å²) < 4.78 is 0. The van der Waals surface area contributed by atoms with Crippen LogP contribution in [0.5, 0.6) is 0 Å². The smallest absolute Gasteiger partial charge is 0.407 e. The molecule has 1 amide bonds. The lowest BCUT2D eigenvalue weighted by Crippen LogP contribution is -2.34. The lowest BCUT2D eigenvalue weighted by Gasteiger charge is -2.23. The van der Waals surface area contributed by atoms with Gasteiger partial charge >= 0.3 is 6.09 Å². The van der Waals surface area contributed by atoms with E-state index in [-0.39, 0.29) is 18.9 Å². The minimum atomic E-state index is -0.983. The van der Waals surface area contributed by atoms with E-state index in [1.54, 1.807) is 0 Å². The second kappa shape index (κ2) is 6.02. The largest absolute Gasteiger partial charge is 0.465 e. The molecular weight excluding hydrogens is 278 g/mol. The van der Waals surface area contributed by atoms with Crippen LogP contribution in [0.1, 0.15) is 23.5 Å². The standard InChI is InChI=1S/C18H17NO3/c20-11-5-10-19(18(21)22)12-17-15-8-3-1-6-13(15)14-7-2-4-9-16(14)17/h1-4,6-9,11,17H,5,10,12H2,(H,21,22). The van der Waals surface area contributed by atoms with Crippen molar-refractivity contribution in [3.63, 3.8) is 0 Å². The van der Waals surface area contributed by atoms with Crippen molar-refractivity contribution in [2.45, 2.75) is 12.3 Å². The molecule has 0 radical (unpaired) electrons. The highest BCUT2D eigenvalue weighted by atomic mass is 16.4. The van der Waals surface area contributed by atoms with E-state index in [0.717, 1.165) is 17.4 Å². The number of amides is 1. The molecule has 112 valence electrons. The fraction of sp³-hybridized carbons (Fsp3) is 0.222. The Morgan fingerprint density at radius 3 is 2.09 bits per heavy atom. The monoisotopic (exact) mass is 295 g/mol. The molecule has 0 heterocycles. The molecule has 2 aromatic rings. The number of carbonyl (C=O) groups excluding carboxylic acids is 1. The molecule has 1 aliphatic rings. The van der Waals surface area contributed by atoms with Crippen LogP contribution in [-0.4, -0.2) is 35.5 Å². The van der Waals surface area contributed by atoms with Crippen LogP contribution >= 0.6 is 0 Å². The third-order valence-electron chi connectivity index (χ3n) is 4.15. The zero-order chi connectivity index (χ0) is 15.5. The van der Waals surface area contributed by atoms with Gasteiger partial charge in [0.2, 0.25) is 0 Å². The zero-order valence-electron chi connectivity index (χ0n) is 12.1. The summed E-state index contributed by atoms with van der Waals surface area (Å²) in [6.45, 7) is 0.608. The molecule has 0 atom stereocenters. The average molecular weight is 295 g/mol. The van der Waals surface area contributed by atoms with Crippen LogP contribution in [0.25, 0.3) is 11.1 Å². The molecule has 0 spiro atoms. The van der Waals surface area contributed by atoms with Crippen LogP contribution in [0.15, 0.2) is 48.5 Å². The van der Waals surface area contributed by atoms with Gasteiger partial charge in [-0.1, -0.05) is 48.5 Å². The van der Waals surface area contributed by atoms with Crippen molar-refractivity contribution < 1.29 is 14.7 Å². The quantitative estimate of drug-likeness (QED) is 0.860. The Kier molecular flexibility index (Phi) is 3.92. The molecule has 0 aromatic heterocycles. The van der Waals surface area contributed by atoms with E-state index in [1.165, 1.54) is 16.0 Å². The number of carbonyl (C=O) groups is 2. The highest BCUT2D eigenvalue weighted by Crippen LogP contribution is 2.44. The minimum Gasteiger partial charge on any atom is -0.465 e. The second-order valence-electron chi connectivity index (χ2n) is 5.41. The maximum absolute atomic E-state index is 11.4. The van der Waals surface area contributed by atoms with Gasteiger partial charge in [-0.2, -0.15) is 0 Å². The molecule has 1 aliphatic carbocycles. The number of aldehydes is 1. The van der Waals surface area contributed by atoms with Crippen LogP contribution in [0, 0.1) is 0 Å². The number of carboxylic acid groups (broad SMARTS) is 1. The van der Waals surface area contributed by atoms with Gasteiger partial charge in [0.05, 0.1) is 0 Å². The summed E-state index contributed by atoms with van der Waals surface area (Å²) in [5.74, 6) is 0.0233. The molecule has 2 aromatic carbocycles. The van der Waals surface area contributed by atoms with Crippen molar-refractivity contribution in [3.8, 4) is 11.1 Å². The molecule has 1 N–H and O–H groups in total. The molecular formula is C18H17NO3. The molecule has 4 nitrogen and oxygen atoms in total. The van der Waals surface area contributed by atoms with Crippen molar-refractivity contribution in [3.05, 3.63) is 59.7 Å². The Hall–Kier alpha value is -2.62. The van der Waals surface area contributed by atoms with Gasteiger partial charge in [0, 0.05) is 25.4 Å². The number of fused-ring (bicyclic) bond motifs is 3. The molecule has 0 aliphatic heterocycles. The highest BCUT2D eigenvalue weighted by Gasteiger charge is 2.30. The van der Waals surface area contributed by atoms with Crippen molar-refractivity contribution in [1.29, 1.82) is 0 Å². The van der Waals surface area contributed by atoms with Gasteiger partial charge in [-0.15, -0.1) is 0 Å². The van der Waals surface area contributed by atoms with Crippen molar-refractivity contribution in [2.75, 3.05) is 13.1 Å². The van der Waals surface area contributed by atoms with E-state index in [9.17, 15) is 14.7 Å². The minimum absolute atomic E-state index is 0.0233. The summed E-state index contributed by atoms with van der Waals surface area (Å²) in [6.07, 6.45) is -0.00173. The second-order valence-corrected chi connectivity index (χ2v) is 5.41. The fourth-order valence-corrected chi connectivity index (χ4v) is 3.15. The zero-order valence-corrected chi connectivity index (χ0v) is 12.1. The van der Waals surface area contributed by atoms with Gasteiger partial charge < -0.3 is 14.8 Å². The SMILES string of the molecule is O=CCCN(CC1c2ccccc2-c2ccccc21)C(=O)O. The summed E-state index contributed by atoms with van der Waals surface area (Å²) in [5, 5.41) is 9.37. The normalized spacial score (nSPS) is 12.5. The van der Waals surface area contributed by atoms with Crippen LogP contribution in [0.4, 0.5) is 4.79 Å². The predicted molar refractivity (Wildman–Crippen MR) is 84.0 cm³/mol. The summed E-state index contributed by atoms with van der Waals surface area (Å²) in [6, 6.07) is 16.2. The first-order valence-electron chi connectivity index (χ1n) is 7.32. The van der Waals surface area contributed by atoms with Gasteiger partial charge in [0.1, 0.15) is 6.29 Å². The summed E-state index contributed by atoms with van der Waals surface area (Å²) in [7, 11) is 0. The third-order valence-corrected chi connectivity index (χ3v) is 4.15. The Labute approximate surface area is 129 Å². The van der Waals surface area contributed by atoms with Crippen LogP contribution < -0.4 is 0 Å². The molecule has 0 unspecified atom stereocenters. The number of benzene rings is 2. The first-order valence-corrected chi connectivity index (χ1v) is 7.32. The highest BCUT2D eigenvalue weighted by molar-refractivity contribution is 5.79. The Balaban J connectivity index is 1.96. The van der Waals surface area contributed by atoms with Crippen LogP contribution in [0.3, 0.4) is 0 Å². The van der Waals surface area contributed by atoms with E-state index in [2.05, 4.69) is 24.3 Å². The summed E-state index contributed by atoms with van der Waals surface area (Å²) in [4.78, 5) is 23.3. The van der Waals surface area contributed by atoms with E-state index in [1.807, 2.05) is 24.3 Å². The van der Waals surface area contributed by atoms with Crippen molar-refractivity contribution in [2.24, 2.45) is 0 Å². The van der Waals surface area contributed by atoms with Gasteiger partial charge in [-0.3, -0.25) is 0 Å². The van der Waals surface area contributed by atoms with E-state index >= 15 is 0 Å². The maximum atomic E-state index is 11.4. The molecule has 3 rings (SSSR count). The average Bonchev–Trinajstić information content (AvgIpc) is 2.85. The number of nitrogens with zero attached hydrogens (tertiary/aromatic N) is 1. The Morgan fingerprint density at radius 2 is 1.59 bits per heavy atom. The molecule has 4 heteroatoms. The first kappa shape index (κ1) is 14.3. The molecule has 0 fully saturated rings. The number of hydrogen-bond donors (Lipinski definition) is 1. The van der Waals surface area contributed by atoms with Gasteiger partial charge in [-0.05, 0) is 22.3 Å². The summed E-state index contributed by atoms with van der Waals surface area (Å²) in [5.41, 5.74) is 4.65. The Bertz CT molecular complexity index is 665. The van der Waals surface area contributed by atoms with Gasteiger partial charge in [0.25, 0.3) is 0 Å². The van der Waals surface area contributed by atoms with E-state index < -0.39 is 6.09 Å². The lowest BCUT2D eigenvalue weighted by atomic mass is 9.96. The summed E-state index contributed by atoms with van der Waals surface area (Å²) >= 11 is 0. The van der Waals surface area contributed by atoms with Crippen molar-refractivity contribution >= 4 is 12.4 Å². The van der Waals surface area contributed by atoms with Crippen LogP contribution in [0.2, 0.25) is 0 Å². The number of hydrogen-bond acceptors (Lipinski definition) is 2. The maximum Gasteiger partial charge on any atom is 0.407 e. The first-order chi connectivity index (χ1) is 10.7. The van der Waals surface area contributed by atoms with Gasteiger partial charge in [-0.25, -0.2) is 4.79 Å².